The van der Waals surface area contributed by atoms with Crippen molar-refractivity contribution >= 4 is 5.97 Å². The van der Waals surface area contributed by atoms with Crippen molar-refractivity contribution in [2.75, 3.05) is 14.1 Å². The third-order valence-corrected chi connectivity index (χ3v) is 1.35. The van der Waals surface area contributed by atoms with E-state index in [1.165, 1.54) is 0 Å². The van der Waals surface area contributed by atoms with Crippen molar-refractivity contribution in [3.8, 4) is 0 Å². The number of ether oxygens (including phenoxy) is 1. The highest BCUT2D eigenvalue weighted by molar-refractivity contribution is 5.89. The SMILES string of the molecule is CC(C)OC(=O)c1ccccc1.CNC. The molecule has 0 atom stereocenters. The van der Waals surface area contributed by atoms with Gasteiger partial charge >= 0.3 is 5.97 Å². The van der Waals surface area contributed by atoms with Gasteiger partial charge in [-0.15, -0.1) is 0 Å². The van der Waals surface area contributed by atoms with Gasteiger partial charge in [-0.3, -0.25) is 0 Å². The Kier molecular flexibility index (Phi) is 7.28. The monoisotopic (exact) mass is 209 g/mol. The van der Waals surface area contributed by atoms with Crippen LogP contribution in [0.3, 0.4) is 0 Å². The van der Waals surface area contributed by atoms with Gasteiger partial charge in [0.2, 0.25) is 0 Å². The Morgan fingerprint density at radius 1 is 1.20 bits per heavy atom. The Hall–Kier alpha value is -1.35. The van der Waals surface area contributed by atoms with E-state index in [9.17, 15) is 4.79 Å². The molecule has 0 aliphatic heterocycles. The Balaban J connectivity index is 0.000000583. The van der Waals surface area contributed by atoms with E-state index in [0.29, 0.717) is 5.56 Å². The first-order valence-corrected chi connectivity index (χ1v) is 4.96. The molecule has 1 N–H and O–H groups in total. The summed E-state index contributed by atoms with van der Waals surface area (Å²) in [6, 6.07) is 8.98. The molecular formula is C12H19NO2. The maximum atomic E-state index is 11.2. The predicted octanol–water partition coefficient (Wildman–Crippen LogP) is 2.09. The predicted molar refractivity (Wildman–Crippen MR) is 62.0 cm³/mol. The molecule has 0 bridgehead atoms. The van der Waals surface area contributed by atoms with Crippen LogP contribution in [0.2, 0.25) is 0 Å². The summed E-state index contributed by atoms with van der Waals surface area (Å²) >= 11 is 0. The lowest BCUT2D eigenvalue weighted by Gasteiger charge is -2.06. The van der Waals surface area contributed by atoms with Crippen LogP contribution in [0.15, 0.2) is 30.3 Å². The summed E-state index contributed by atoms with van der Waals surface area (Å²) in [5.41, 5.74) is 0.603. The largest absolute Gasteiger partial charge is 0.459 e. The number of hydrogen-bond donors (Lipinski definition) is 1. The Morgan fingerprint density at radius 2 is 1.67 bits per heavy atom. The van der Waals surface area contributed by atoms with Gasteiger partial charge in [0.1, 0.15) is 0 Å². The molecule has 0 amide bonds. The molecule has 0 aliphatic carbocycles. The second-order valence-corrected chi connectivity index (χ2v) is 3.32. The Labute approximate surface area is 91.5 Å². The van der Waals surface area contributed by atoms with Crippen LogP contribution in [-0.2, 0) is 4.74 Å². The average molecular weight is 209 g/mol. The fraction of sp³-hybridized carbons (Fsp3) is 0.417. The summed E-state index contributed by atoms with van der Waals surface area (Å²) in [4.78, 5) is 11.2. The first kappa shape index (κ1) is 13.7. The van der Waals surface area contributed by atoms with Crippen molar-refractivity contribution in [3.63, 3.8) is 0 Å². The molecule has 0 saturated heterocycles. The third-order valence-electron chi connectivity index (χ3n) is 1.35. The molecule has 1 aromatic rings. The molecule has 0 fully saturated rings. The standard InChI is InChI=1S/C10H12O2.C2H7N/c1-8(2)12-10(11)9-6-4-3-5-7-9;1-3-2/h3-8H,1-2H3;3H,1-2H3. The molecule has 3 heteroatoms. The van der Waals surface area contributed by atoms with Crippen LogP contribution in [0.25, 0.3) is 0 Å². The van der Waals surface area contributed by atoms with E-state index in [1.54, 1.807) is 12.1 Å². The zero-order valence-electron chi connectivity index (χ0n) is 9.78. The van der Waals surface area contributed by atoms with E-state index in [4.69, 9.17) is 4.74 Å². The Bertz CT molecular complexity index is 270. The van der Waals surface area contributed by atoms with Gasteiger partial charge in [-0.2, -0.15) is 0 Å². The van der Waals surface area contributed by atoms with Gasteiger partial charge in [-0.1, -0.05) is 18.2 Å². The lowest BCUT2D eigenvalue weighted by molar-refractivity contribution is 0.0378. The molecule has 1 aromatic carbocycles. The van der Waals surface area contributed by atoms with Gasteiger partial charge in [0.15, 0.2) is 0 Å². The maximum Gasteiger partial charge on any atom is 0.338 e. The van der Waals surface area contributed by atoms with E-state index in [2.05, 4.69) is 5.32 Å². The van der Waals surface area contributed by atoms with Crippen LogP contribution in [0.5, 0.6) is 0 Å². The van der Waals surface area contributed by atoms with Crippen molar-refractivity contribution < 1.29 is 9.53 Å². The lowest BCUT2D eigenvalue weighted by atomic mass is 10.2. The molecule has 1 rings (SSSR count). The molecule has 0 unspecified atom stereocenters. The van der Waals surface area contributed by atoms with Crippen LogP contribution >= 0.6 is 0 Å². The minimum absolute atomic E-state index is 0.0577. The van der Waals surface area contributed by atoms with Gasteiger partial charge in [0.05, 0.1) is 11.7 Å². The number of carbonyl (C=O) groups excluding carboxylic acids is 1. The first-order valence-electron chi connectivity index (χ1n) is 4.96. The molecule has 0 radical (unpaired) electrons. The molecule has 0 aliphatic rings. The van der Waals surface area contributed by atoms with Gasteiger partial charge < -0.3 is 10.1 Å². The zero-order chi connectivity index (χ0) is 11.7. The highest BCUT2D eigenvalue weighted by Gasteiger charge is 2.06. The van der Waals surface area contributed by atoms with Crippen LogP contribution in [0.4, 0.5) is 0 Å². The van der Waals surface area contributed by atoms with E-state index >= 15 is 0 Å². The summed E-state index contributed by atoms with van der Waals surface area (Å²) in [5.74, 6) is -0.259. The second kappa shape index (κ2) is 8.00. The minimum atomic E-state index is -0.259. The normalized spacial score (nSPS) is 9.13. The van der Waals surface area contributed by atoms with Crippen LogP contribution in [0.1, 0.15) is 24.2 Å². The molecule has 0 aromatic heterocycles. The Morgan fingerprint density at radius 3 is 2.07 bits per heavy atom. The smallest absolute Gasteiger partial charge is 0.338 e. The molecule has 0 saturated carbocycles. The number of hydrogen-bond acceptors (Lipinski definition) is 3. The first-order chi connectivity index (χ1) is 7.11. The lowest BCUT2D eigenvalue weighted by Crippen LogP contribution is -2.11. The fourth-order valence-corrected chi connectivity index (χ4v) is 0.856. The average Bonchev–Trinajstić information content (AvgIpc) is 2.19. The van der Waals surface area contributed by atoms with Crippen molar-refractivity contribution in [1.82, 2.24) is 5.32 Å². The number of rotatable bonds is 2. The molecular weight excluding hydrogens is 190 g/mol. The third kappa shape index (κ3) is 6.69. The molecule has 0 spiro atoms. The van der Waals surface area contributed by atoms with E-state index in [0.717, 1.165) is 0 Å². The van der Waals surface area contributed by atoms with Crippen molar-refractivity contribution in [2.45, 2.75) is 20.0 Å². The summed E-state index contributed by atoms with van der Waals surface area (Å²) in [6.45, 7) is 3.67. The topological polar surface area (TPSA) is 38.3 Å². The number of benzene rings is 1. The van der Waals surface area contributed by atoms with E-state index in [1.807, 2.05) is 46.1 Å². The number of carbonyl (C=O) groups is 1. The molecule has 0 heterocycles. The van der Waals surface area contributed by atoms with Gasteiger partial charge in [-0.05, 0) is 40.1 Å². The quantitative estimate of drug-likeness (QED) is 0.758. The van der Waals surface area contributed by atoms with E-state index < -0.39 is 0 Å². The number of nitrogens with one attached hydrogen (secondary N) is 1. The highest BCUT2D eigenvalue weighted by Crippen LogP contribution is 2.02. The number of esters is 1. The fourth-order valence-electron chi connectivity index (χ4n) is 0.856. The van der Waals surface area contributed by atoms with Crippen LogP contribution < -0.4 is 5.32 Å². The highest BCUT2D eigenvalue weighted by atomic mass is 16.5. The molecule has 84 valence electrons. The summed E-state index contributed by atoms with van der Waals surface area (Å²) in [7, 11) is 3.75. The summed E-state index contributed by atoms with van der Waals surface area (Å²) in [5, 5.41) is 2.75. The summed E-state index contributed by atoms with van der Waals surface area (Å²) < 4.78 is 5.00. The van der Waals surface area contributed by atoms with Crippen molar-refractivity contribution in [2.24, 2.45) is 0 Å². The van der Waals surface area contributed by atoms with Gasteiger partial charge in [-0.25, -0.2) is 4.79 Å². The van der Waals surface area contributed by atoms with Crippen molar-refractivity contribution in [1.29, 1.82) is 0 Å². The van der Waals surface area contributed by atoms with Gasteiger partial charge in [0, 0.05) is 0 Å². The van der Waals surface area contributed by atoms with Crippen LogP contribution in [0, 0.1) is 0 Å². The van der Waals surface area contributed by atoms with Gasteiger partial charge in [0.25, 0.3) is 0 Å². The van der Waals surface area contributed by atoms with Crippen LogP contribution in [-0.4, -0.2) is 26.2 Å². The van der Waals surface area contributed by atoms with Crippen molar-refractivity contribution in [3.05, 3.63) is 35.9 Å². The zero-order valence-corrected chi connectivity index (χ0v) is 9.78. The van der Waals surface area contributed by atoms with E-state index in [-0.39, 0.29) is 12.1 Å². The summed E-state index contributed by atoms with van der Waals surface area (Å²) in [6.07, 6.45) is -0.0577. The maximum absolute atomic E-state index is 11.2. The molecule has 15 heavy (non-hydrogen) atoms. The minimum Gasteiger partial charge on any atom is -0.459 e. The second-order valence-electron chi connectivity index (χ2n) is 3.32. The molecule has 3 nitrogen and oxygen atoms in total.